The second-order valence-corrected chi connectivity index (χ2v) is 10.2. The molecule has 7 nitrogen and oxygen atoms in total. The molecular weight excluding hydrogens is 532 g/mol. The number of pyridine rings is 2. The molecule has 0 unspecified atom stereocenters. The Kier molecular flexibility index (Phi) is 5.43. The highest BCUT2D eigenvalue weighted by Crippen LogP contribution is 2.38. The average molecular weight is 553 g/mol. The molecule has 0 saturated carbocycles. The van der Waals surface area contributed by atoms with Gasteiger partial charge in [-0.15, -0.1) is 0 Å². The van der Waals surface area contributed by atoms with Gasteiger partial charge in [-0.05, 0) is 84.2 Å². The number of benzene rings is 4. The molecule has 8 rings (SSSR count). The molecule has 0 N–H and O–H groups in total. The van der Waals surface area contributed by atoms with Gasteiger partial charge in [0.1, 0.15) is 23.1 Å². The predicted molar refractivity (Wildman–Crippen MR) is 168 cm³/mol. The Labute approximate surface area is 245 Å². The lowest BCUT2D eigenvalue weighted by molar-refractivity contribution is 0.484. The van der Waals surface area contributed by atoms with E-state index >= 15 is 0 Å². The van der Waals surface area contributed by atoms with Gasteiger partial charge in [-0.3, -0.25) is 9.13 Å². The quantitative estimate of drug-likeness (QED) is 0.204. The number of nitrogens with zero attached hydrogens (tertiary/aromatic N) is 6. The Morgan fingerprint density at radius 3 is 1.72 bits per heavy atom. The van der Waals surface area contributed by atoms with E-state index in [4.69, 9.17) is 11.3 Å². The van der Waals surface area contributed by atoms with Gasteiger partial charge < -0.3 is 4.74 Å². The van der Waals surface area contributed by atoms with Crippen LogP contribution < -0.4 is 4.74 Å². The summed E-state index contributed by atoms with van der Waals surface area (Å²) in [6, 6.07) is 37.3. The van der Waals surface area contributed by atoms with Gasteiger partial charge in [-0.25, -0.2) is 14.8 Å². The van der Waals surface area contributed by atoms with Crippen molar-refractivity contribution in [3.63, 3.8) is 0 Å². The lowest BCUT2D eigenvalue weighted by atomic mass is 10.1. The fraction of sp³-hybridized carbons (Fsp3) is 0. The van der Waals surface area contributed by atoms with E-state index in [0.29, 0.717) is 22.7 Å². The normalized spacial score (nSPS) is 11.2. The molecular formula is C36H20N6O. The lowest BCUT2D eigenvalue weighted by Gasteiger charge is -2.10. The van der Waals surface area contributed by atoms with Crippen molar-refractivity contribution in [2.75, 3.05) is 0 Å². The third-order valence-electron chi connectivity index (χ3n) is 7.71. The topological polar surface area (TPSA) is 73.0 Å². The second kappa shape index (κ2) is 9.59. The molecule has 0 fully saturated rings. The third-order valence-corrected chi connectivity index (χ3v) is 7.71. The van der Waals surface area contributed by atoms with Gasteiger partial charge >= 0.3 is 0 Å². The fourth-order valence-electron chi connectivity index (χ4n) is 5.86. The largest absolute Gasteiger partial charge is 0.457 e. The SMILES string of the molecule is [C-]#[N+]c1ccc2c(c1)c1ccc(Oc3ccc4c5cc(C#N)ccc5n(-c5ccccn5)c4c3)cc1n2-c1ccccn1. The summed E-state index contributed by atoms with van der Waals surface area (Å²) in [5, 5.41) is 13.5. The Hall–Kier alpha value is -6.44. The first-order valence-electron chi connectivity index (χ1n) is 13.7. The van der Waals surface area contributed by atoms with Crippen LogP contribution in [0.2, 0.25) is 0 Å². The van der Waals surface area contributed by atoms with Crippen LogP contribution in [0.3, 0.4) is 0 Å². The molecule has 0 amide bonds. The molecule has 43 heavy (non-hydrogen) atoms. The fourth-order valence-corrected chi connectivity index (χ4v) is 5.86. The van der Waals surface area contributed by atoms with Crippen molar-refractivity contribution < 1.29 is 4.74 Å². The van der Waals surface area contributed by atoms with Crippen LogP contribution >= 0.6 is 0 Å². The van der Waals surface area contributed by atoms with E-state index in [2.05, 4.69) is 30.0 Å². The summed E-state index contributed by atoms with van der Waals surface area (Å²) in [4.78, 5) is 12.9. The molecule has 0 spiro atoms. The Morgan fingerprint density at radius 1 is 0.605 bits per heavy atom. The van der Waals surface area contributed by atoms with Crippen molar-refractivity contribution in [2.24, 2.45) is 0 Å². The summed E-state index contributed by atoms with van der Waals surface area (Å²) in [5.41, 5.74) is 4.98. The molecule has 200 valence electrons. The van der Waals surface area contributed by atoms with Crippen molar-refractivity contribution in [1.29, 1.82) is 5.26 Å². The highest BCUT2D eigenvalue weighted by Gasteiger charge is 2.17. The molecule has 0 atom stereocenters. The summed E-state index contributed by atoms with van der Waals surface area (Å²) in [7, 11) is 0. The van der Waals surface area contributed by atoms with Crippen molar-refractivity contribution in [1.82, 2.24) is 19.1 Å². The molecule has 7 heteroatoms. The average Bonchev–Trinajstić information content (AvgIpc) is 3.56. The van der Waals surface area contributed by atoms with E-state index in [1.165, 1.54) is 0 Å². The van der Waals surface area contributed by atoms with Crippen molar-refractivity contribution >= 4 is 49.3 Å². The molecule has 0 bridgehead atoms. The van der Waals surface area contributed by atoms with Crippen LogP contribution in [-0.2, 0) is 0 Å². The summed E-state index contributed by atoms with van der Waals surface area (Å²) in [5.74, 6) is 2.91. The standard InChI is InChI=1S/C36H20N6O/c1-38-24-9-15-32-30(19-24)28-13-11-26(21-34(28)42(32)36-7-3-5-17-40-36)43-25-10-12-27-29-18-23(22-37)8-14-31(29)41(33(27)20-25)35-6-2-4-16-39-35/h2-21H. The van der Waals surface area contributed by atoms with Crippen molar-refractivity contribution in [3.05, 3.63) is 139 Å². The van der Waals surface area contributed by atoms with Gasteiger partial charge in [0.25, 0.3) is 0 Å². The summed E-state index contributed by atoms with van der Waals surface area (Å²) < 4.78 is 10.7. The van der Waals surface area contributed by atoms with Gasteiger partial charge in [0.2, 0.25) is 0 Å². The maximum atomic E-state index is 9.53. The van der Waals surface area contributed by atoms with Crippen molar-refractivity contribution in [2.45, 2.75) is 0 Å². The van der Waals surface area contributed by atoms with Crippen LogP contribution in [0, 0.1) is 17.9 Å². The van der Waals surface area contributed by atoms with E-state index in [-0.39, 0.29) is 0 Å². The van der Waals surface area contributed by atoms with Crippen LogP contribution in [0.15, 0.2) is 122 Å². The first-order chi connectivity index (χ1) is 21.2. The minimum Gasteiger partial charge on any atom is -0.457 e. The highest BCUT2D eigenvalue weighted by atomic mass is 16.5. The lowest BCUT2D eigenvalue weighted by Crippen LogP contribution is -1.97. The molecule has 4 heterocycles. The molecule has 0 aliphatic rings. The van der Waals surface area contributed by atoms with E-state index in [9.17, 15) is 5.26 Å². The molecule has 0 radical (unpaired) electrons. The molecule has 4 aromatic carbocycles. The number of ether oxygens (including phenoxy) is 1. The van der Waals surface area contributed by atoms with Gasteiger partial charge in [-0.2, -0.15) is 5.26 Å². The smallest absolute Gasteiger partial charge is 0.188 e. The van der Waals surface area contributed by atoms with Crippen LogP contribution in [-0.4, -0.2) is 19.1 Å². The van der Waals surface area contributed by atoms with Gasteiger partial charge in [0.05, 0.1) is 40.3 Å². The molecule has 4 aromatic heterocycles. The Balaban J connectivity index is 1.30. The zero-order valence-electron chi connectivity index (χ0n) is 22.6. The first-order valence-corrected chi connectivity index (χ1v) is 13.7. The first kappa shape index (κ1) is 24.4. The summed E-state index contributed by atoms with van der Waals surface area (Å²) in [6.07, 6.45) is 3.55. The molecule has 8 aromatic rings. The molecule has 0 aliphatic carbocycles. The number of nitriles is 1. The zero-order chi connectivity index (χ0) is 28.9. The number of aromatic nitrogens is 4. The van der Waals surface area contributed by atoms with E-state index < -0.39 is 0 Å². The summed E-state index contributed by atoms with van der Waals surface area (Å²) >= 11 is 0. The highest BCUT2D eigenvalue weighted by molar-refractivity contribution is 6.11. The molecule has 0 saturated heterocycles. The third kappa shape index (κ3) is 3.88. The Bertz CT molecular complexity index is 2270. The maximum absolute atomic E-state index is 9.53. The summed E-state index contributed by atoms with van der Waals surface area (Å²) in [6.45, 7) is 7.51. The predicted octanol–water partition coefficient (Wildman–Crippen LogP) is 8.89. The van der Waals surface area contributed by atoms with E-state index in [1.807, 2.05) is 109 Å². The minimum atomic E-state index is 0.589. The van der Waals surface area contributed by atoms with Crippen LogP contribution in [0.5, 0.6) is 11.5 Å². The number of hydrogen-bond acceptors (Lipinski definition) is 4. The molecule has 0 aliphatic heterocycles. The van der Waals surface area contributed by atoms with E-state index in [0.717, 1.165) is 55.2 Å². The number of hydrogen-bond donors (Lipinski definition) is 0. The van der Waals surface area contributed by atoms with Gasteiger partial charge in [0, 0.05) is 40.7 Å². The van der Waals surface area contributed by atoms with Crippen molar-refractivity contribution in [3.8, 4) is 29.2 Å². The van der Waals surface area contributed by atoms with Crippen LogP contribution in [0.1, 0.15) is 5.56 Å². The van der Waals surface area contributed by atoms with Crippen LogP contribution in [0.25, 0.3) is 60.1 Å². The minimum absolute atomic E-state index is 0.589. The zero-order valence-corrected chi connectivity index (χ0v) is 22.6. The maximum Gasteiger partial charge on any atom is 0.188 e. The van der Waals surface area contributed by atoms with Gasteiger partial charge in [0.15, 0.2) is 5.69 Å². The number of fused-ring (bicyclic) bond motifs is 6. The Morgan fingerprint density at radius 2 is 1.19 bits per heavy atom. The monoisotopic (exact) mass is 552 g/mol. The van der Waals surface area contributed by atoms with Gasteiger partial charge in [-0.1, -0.05) is 18.2 Å². The number of rotatable bonds is 4. The van der Waals surface area contributed by atoms with Crippen LogP contribution in [0.4, 0.5) is 5.69 Å². The second-order valence-electron chi connectivity index (χ2n) is 10.2. The van der Waals surface area contributed by atoms with E-state index in [1.54, 1.807) is 12.4 Å².